The Bertz CT molecular complexity index is 1410. The van der Waals surface area contributed by atoms with Gasteiger partial charge in [-0.15, -0.1) is 0 Å². The number of rotatable bonds is 19. The van der Waals surface area contributed by atoms with Crippen LogP contribution in [0.25, 0.3) is 11.3 Å². The number of nitrogens with one attached hydrogen (secondary N) is 3. The molecule has 248 valence electrons. The molecule has 0 aromatic heterocycles. The summed E-state index contributed by atoms with van der Waals surface area (Å²) in [5.74, 6) is 0.662. The maximum absolute atomic E-state index is 12.8. The number of ether oxygens (including phenoxy) is 2. The molecule has 46 heavy (non-hydrogen) atoms. The molecular formula is C38H51IN4O3. The third-order valence-corrected chi connectivity index (χ3v) is 7.93. The van der Waals surface area contributed by atoms with Crippen molar-refractivity contribution in [2.75, 3.05) is 60.1 Å². The van der Waals surface area contributed by atoms with E-state index in [2.05, 4.69) is 132 Å². The van der Waals surface area contributed by atoms with Crippen molar-refractivity contribution in [2.45, 2.75) is 27.7 Å². The zero-order chi connectivity index (χ0) is 33.6. The smallest absolute Gasteiger partial charge is 0.247 e. The molecule has 3 aromatic rings. The SMILES string of the molecule is C=C(CN(C)CCOc1ccc(/C(=C(/NC)c2ccccc2)c2ccccc2)cc1)C(=O)NCC(C)(C)COCC(C)(C)CNI. The van der Waals surface area contributed by atoms with Gasteiger partial charge in [0, 0.05) is 83.8 Å². The first-order valence-electron chi connectivity index (χ1n) is 15.8. The predicted octanol–water partition coefficient (Wildman–Crippen LogP) is 6.81. The lowest BCUT2D eigenvalue weighted by Gasteiger charge is -2.29. The number of likely N-dealkylation sites (N-methyl/N-ethyl adjacent to an activating group) is 1. The van der Waals surface area contributed by atoms with Crippen LogP contribution >= 0.6 is 22.9 Å². The molecule has 0 fully saturated rings. The van der Waals surface area contributed by atoms with E-state index in [4.69, 9.17) is 9.47 Å². The number of benzene rings is 3. The molecule has 7 nitrogen and oxygen atoms in total. The van der Waals surface area contributed by atoms with Crippen molar-refractivity contribution < 1.29 is 14.3 Å². The molecule has 1 amide bonds. The van der Waals surface area contributed by atoms with Crippen LogP contribution in [0.3, 0.4) is 0 Å². The van der Waals surface area contributed by atoms with Gasteiger partial charge in [-0.1, -0.05) is 107 Å². The summed E-state index contributed by atoms with van der Waals surface area (Å²) in [6.45, 7) is 16.8. The molecule has 0 atom stereocenters. The summed E-state index contributed by atoms with van der Waals surface area (Å²) >= 11 is 2.16. The van der Waals surface area contributed by atoms with Gasteiger partial charge in [0.2, 0.25) is 5.91 Å². The summed E-state index contributed by atoms with van der Waals surface area (Å²) in [5, 5.41) is 6.46. The standard InChI is InChI=1S/C38H51IN4O3/c1-29(36(44)41-25-37(2,3)27-45-28-38(4,5)26-42-39)24-43(7)22-23-46-33-20-18-31(19-21-33)34(30-14-10-8-11-15-30)35(40-6)32-16-12-9-13-17-32/h8-21,40,42H,1,22-28H2,2-7H3,(H,41,44)/b35-34+. The number of carbonyl (C=O) groups is 1. The molecule has 0 bridgehead atoms. The summed E-state index contributed by atoms with van der Waals surface area (Å²) in [5.41, 5.74) is 5.93. The van der Waals surface area contributed by atoms with Gasteiger partial charge in [-0.05, 0) is 35.9 Å². The van der Waals surface area contributed by atoms with E-state index in [-0.39, 0.29) is 16.7 Å². The third kappa shape index (κ3) is 12.2. The monoisotopic (exact) mass is 738 g/mol. The van der Waals surface area contributed by atoms with Crippen molar-refractivity contribution in [3.8, 4) is 5.75 Å². The molecule has 0 aliphatic rings. The van der Waals surface area contributed by atoms with Crippen molar-refractivity contribution in [1.82, 2.24) is 19.1 Å². The van der Waals surface area contributed by atoms with Crippen LogP contribution < -0.4 is 18.9 Å². The highest BCUT2D eigenvalue weighted by Crippen LogP contribution is 2.31. The van der Waals surface area contributed by atoms with Crippen LogP contribution in [0.5, 0.6) is 5.75 Å². The van der Waals surface area contributed by atoms with E-state index in [1.165, 1.54) is 0 Å². The number of hydrogen-bond donors (Lipinski definition) is 3. The zero-order valence-corrected chi connectivity index (χ0v) is 30.4. The summed E-state index contributed by atoms with van der Waals surface area (Å²) in [4.78, 5) is 14.8. The molecule has 3 aromatic carbocycles. The Kier molecular flexibility index (Phi) is 14.8. The minimum absolute atomic E-state index is 0.0503. The highest BCUT2D eigenvalue weighted by molar-refractivity contribution is 14.1. The molecule has 0 aliphatic heterocycles. The summed E-state index contributed by atoms with van der Waals surface area (Å²) < 4.78 is 15.2. The molecule has 3 N–H and O–H groups in total. The van der Waals surface area contributed by atoms with Gasteiger partial charge in [0.05, 0.1) is 13.2 Å². The number of amides is 1. The van der Waals surface area contributed by atoms with Crippen molar-refractivity contribution in [1.29, 1.82) is 0 Å². The van der Waals surface area contributed by atoms with Crippen molar-refractivity contribution in [3.05, 3.63) is 114 Å². The lowest BCUT2D eigenvalue weighted by Crippen LogP contribution is -2.40. The van der Waals surface area contributed by atoms with Crippen molar-refractivity contribution in [2.24, 2.45) is 10.8 Å². The van der Waals surface area contributed by atoms with E-state index >= 15 is 0 Å². The second-order valence-electron chi connectivity index (χ2n) is 13.3. The first-order valence-corrected chi connectivity index (χ1v) is 16.8. The van der Waals surface area contributed by atoms with Crippen molar-refractivity contribution >= 4 is 40.0 Å². The highest BCUT2D eigenvalue weighted by Gasteiger charge is 2.23. The minimum atomic E-state index is -0.188. The normalized spacial score (nSPS) is 12.4. The Balaban J connectivity index is 1.50. The summed E-state index contributed by atoms with van der Waals surface area (Å²) in [7, 11) is 3.93. The zero-order valence-electron chi connectivity index (χ0n) is 28.3. The average Bonchev–Trinajstić information content (AvgIpc) is 3.03. The fourth-order valence-electron chi connectivity index (χ4n) is 4.92. The molecule has 0 radical (unpaired) electrons. The van der Waals surface area contributed by atoms with Gasteiger partial charge in [0.1, 0.15) is 12.4 Å². The number of nitrogens with zero attached hydrogens (tertiary/aromatic N) is 1. The Morgan fingerprint density at radius 1 is 0.826 bits per heavy atom. The van der Waals surface area contributed by atoms with Gasteiger partial charge < -0.3 is 20.1 Å². The minimum Gasteiger partial charge on any atom is -0.492 e. The van der Waals surface area contributed by atoms with Gasteiger partial charge in [-0.25, -0.2) is 0 Å². The maximum Gasteiger partial charge on any atom is 0.247 e. The first kappa shape index (κ1) is 37.3. The number of halogens is 1. The van der Waals surface area contributed by atoms with Crippen LogP contribution in [-0.4, -0.2) is 70.9 Å². The topological polar surface area (TPSA) is 74.9 Å². The van der Waals surface area contributed by atoms with Crippen LogP contribution in [0.1, 0.15) is 44.4 Å². The lowest BCUT2D eigenvalue weighted by molar-refractivity contribution is -0.118. The van der Waals surface area contributed by atoms with E-state index in [0.29, 0.717) is 45.0 Å². The fraction of sp³-hybridized carbons (Fsp3) is 0.395. The second-order valence-corrected chi connectivity index (χ2v) is 14.0. The van der Waals surface area contributed by atoms with E-state index in [1.807, 2.05) is 43.3 Å². The maximum atomic E-state index is 12.8. The van der Waals surface area contributed by atoms with E-state index < -0.39 is 0 Å². The molecule has 3 rings (SSSR count). The van der Waals surface area contributed by atoms with Crippen LogP contribution in [0.15, 0.2) is 97.1 Å². The van der Waals surface area contributed by atoms with Gasteiger partial charge in [-0.3, -0.25) is 13.2 Å². The molecular weight excluding hydrogens is 687 g/mol. The van der Waals surface area contributed by atoms with Crippen LogP contribution in [-0.2, 0) is 9.53 Å². The van der Waals surface area contributed by atoms with E-state index in [0.717, 1.165) is 40.3 Å². The Morgan fingerprint density at radius 2 is 1.37 bits per heavy atom. The van der Waals surface area contributed by atoms with Crippen LogP contribution in [0.2, 0.25) is 0 Å². The predicted molar refractivity (Wildman–Crippen MR) is 200 cm³/mol. The quantitative estimate of drug-likeness (QED) is 0.0544. The summed E-state index contributed by atoms with van der Waals surface area (Å²) in [6, 6.07) is 29.0. The number of carbonyl (C=O) groups excluding carboxylic acids is 1. The second kappa shape index (κ2) is 18.2. The van der Waals surface area contributed by atoms with E-state index in [9.17, 15) is 4.79 Å². The molecule has 0 unspecified atom stereocenters. The number of hydrogen-bond acceptors (Lipinski definition) is 6. The van der Waals surface area contributed by atoms with Gasteiger partial charge in [-0.2, -0.15) is 0 Å². The molecule has 0 heterocycles. The molecule has 0 spiro atoms. The molecule has 8 heteroatoms. The third-order valence-electron chi connectivity index (χ3n) is 7.55. The fourth-order valence-corrected chi connectivity index (χ4v) is 5.96. The average molecular weight is 739 g/mol. The Hall–Kier alpha value is -3.18. The molecule has 0 saturated heterocycles. The highest BCUT2D eigenvalue weighted by atomic mass is 127. The first-order chi connectivity index (χ1) is 21.9. The van der Waals surface area contributed by atoms with Gasteiger partial charge >= 0.3 is 0 Å². The largest absolute Gasteiger partial charge is 0.492 e. The van der Waals surface area contributed by atoms with Crippen molar-refractivity contribution in [3.63, 3.8) is 0 Å². The summed E-state index contributed by atoms with van der Waals surface area (Å²) in [6.07, 6.45) is 0. The van der Waals surface area contributed by atoms with Gasteiger partial charge in [0.25, 0.3) is 0 Å². The van der Waals surface area contributed by atoms with Crippen LogP contribution in [0.4, 0.5) is 0 Å². The molecule has 0 aliphatic carbocycles. The Morgan fingerprint density at radius 3 is 1.93 bits per heavy atom. The van der Waals surface area contributed by atoms with Gasteiger partial charge in [0.15, 0.2) is 0 Å². The Labute approximate surface area is 290 Å². The molecule has 0 saturated carbocycles. The van der Waals surface area contributed by atoms with Crippen LogP contribution in [0, 0.1) is 10.8 Å². The lowest BCUT2D eigenvalue weighted by atomic mass is 9.93. The van der Waals surface area contributed by atoms with E-state index in [1.54, 1.807) is 0 Å².